The van der Waals surface area contributed by atoms with Crippen molar-refractivity contribution in [3.05, 3.63) is 21.3 Å². The Kier molecular flexibility index (Phi) is 2.20. The maximum atomic E-state index is 5.79. The highest BCUT2D eigenvalue weighted by molar-refractivity contribution is 8.15. The van der Waals surface area contributed by atoms with Crippen molar-refractivity contribution in [1.29, 1.82) is 0 Å². The number of thiophene rings is 1. The van der Waals surface area contributed by atoms with Gasteiger partial charge in [-0.25, -0.2) is 0 Å². The lowest BCUT2D eigenvalue weighted by Gasteiger charge is -1.90. The molecule has 11 heavy (non-hydrogen) atoms. The average Bonchev–Trinajstić information content (AvgIpc) is 2.55. The average molecular weight is 204 g/mol. The van der Waals surface area contributed by atoms with Gasteiger partial charge >= 0.3 is 0 Å². The molecule has 1 aromatic heterocycles. The van der Waals surface area contributed by atoms with Gasteiger partial charge in [-0.05, 0) is 12.1 Å². The van der Waals surface area contributed by atoms with Crippen LogP contribution < -0.4 is 0 Å². The fourth-order valence-corrected chi connectivity index (χ4v) is 2.93. The van der Waals surface area contributed by atoms with Gasteiger partial charge in [-0.15, -0.1) is 23.1 Å². The van der Waals surface area contributed by atoms with Crippen molar-refractivity contribution in [2.24, 2.45) is 4.99 Å². The molecule has 0 radical (unpaired) electrons. The molecule has 1 aliphatic heterocycles. The normalized spacial score (nSPS) is 17.0. The Balaban J connectivity index is 2.28. The molecule has 0 amide bonds. The highest BCUT2D eigenvalue weighted by atomic mass is 35.5. The maximum absolute atomic E-state index is 5.79. The van der Waals surface area contributed by atoms with Gasteiger partial charge < -0.3 is 0 Å². The first-order valence-electron chi connectivity index (χ1n) is 3.29. The van der Waals surface area contributed by atoms with Crippen LogP contribution in [-0.4, -0.2) is 17.3 Å². The zero-order valence-corrected chi connectivity index (χ0v) is 8.10. The molecule has 0 unspecified atom stereocenters. The van der Waals surface area contributed by atoms with E-state index in [4.69, 9.17) is 11.6 Å². The van der Waals surface area contributed by atoms with Crippen LogP contribution in [0, 0.1) is 0 Å². The molecule has 0 fully saturated rings. The minimum atomic E-state index is 0.843. The quantitative estimate of drug-likeness (QED) is 0.684. The molecule has 1 aromatic rings. The van der Waals surface area contributed by atoms with Gasteiger partial charge in [-0.3, -0.25) is 4.99 Å². The first-order chi connectivity index (χ1) is 5.36. The molecule has 0 spiro atoms. The van der Waals surface area contributed by atoms with Crippen molar-refractivity contribution in [1.82, 2.24) is 0 Å². The second kappa shape index (κ2) is 3.17. The summed E-state index contributed by atoms with van der Waals surface area (Å²) in [4.78, 5) is 5.56. The third kappa shape index (κ3) is 1.60. The van der Waals surface area contributed by atoms with Gasteiger partial charge in [0.05, 0.1) is 9.21 Å². The monoisotopic (exact) mass is 203 g/mol. The summed E-state index contributed by atoms with van der Waals surface area (Å²) < 4.78 is 0.843. The zero-order chi connectivity index (χ0) is 7.68. The summed E-state index contributed by atoms with van der Waals surface area (Å²) in [6, 6.07) is 3.95. The highest BCUT2D eigenvalue weighted by Crippen LogP contribution is 2.27. The summed E-state index contributed by atoms with van der Waals surface area (Å²) in [5.74, 6) is 1.12. The first kappa shape index (κ1) is 7.65. The van der Waals surface area contributed by atoms with Crippen LogP contribution in [0.15, 0.2) is 17.1 Å². The molecule has 2 rings (SSSR count). The van der Waals surface area contributed by atoms with Crippen molar-refractivity contribution in [2.45, 2.75) is 0 Å². The Morgan fingerprint density at radius 2 is 2.36 bits per heavy atom. The van der Waals surface area contributed by atoms with Crippen LogP contribution >= 0.6 is 34.7 Å². The summed E-state index contributed by atoms with van der Waals surface area (Å²) in [6.45, 7) is 0.954. The second-order valence-electron chi connectivity index (χ2n) is 2.14. The molecular formula is C7H6ClNS2. The summed E-state index contributed by atoms with van der Waals surface area (Å²) in [6.07, 6.45) is 0. The second-order valence-corrected chi connectivity index (χ2v) is 4.94. The van der Waals surface area contributed by atoms with Crippen molar-refractivity contribution < 1.29 is 0 Å². The van der Waals surface area contributed by atoms with E-state index in [1.165, 1.54) is 4.88 Å². The van der Waals surface area contributed by atoms with Gasteiger partial charge in [0.15, 0.2) is 0 Å². The van der Waals surface area contributed by atoms with Crippen molar-refractivity contribution in [2.75, 3.05) is 12.3 Å². The molecule has 1 nitrogen and oxygen atoms in total. The standard InChI is InChI=1S/C7H6ClNS2/c8-6-2-1-5(11-6)7-9-3-4-10-7/h1-2H,3-4H2. The molecule has 0 bridgehead atoms. The highest BCUT2D eigenvalue weighted by Gasteiger charge is 2.10. The molecule has 0 aliphatic carbocycles. The van der Waals surface area contributed by atoms with Crippen LogP contribution in [0.4, 0.5) is 0 Å². The molecule has 0 saturated carbocycles. The molecule has 0 saturated heterocycles. The SMILES string of the molecule is Clc1ccc(C2=NCCS2)s1. The molecule has 58 valence electrons. The predicted molar refractivity (Wildman–Crippen MR) is 53.2 cm³/mol. The van der Waals surface area contributed by atoms with E-state index in [1.807, 2.05) is 23.9 Å². The smallest absolute Gasteiger partial charge is 0.108 e. The van der Waals surface area contributed by atoms with Crippen LogP contribution in [0.2, 0.25) is 4.34 Å². The maximum Gasteiger partial charge on any atom is 0.108 e. The van der Waals surface area contributed by atoms with Crippen LogP contribution in [0.3, 0.4) is 0 Å². The van der Waals surface area contributed by atoms with Crippen LogP contribution in [0.25, 0.3) is 0 Å². The number of nitrogens with zero attached hydrogens (tertiary/aromatic N) is 1. The molecule has 0 atom stereocenters. The van der Waals surface area contributed by atoms with Crippen LogP contribution in [0.5, 0.6) is 0 Å². The lowest BCUT2D eigenvalue weighted by molar-refractivity contribution is 1.18. The van der Waals surface area contributed by atoms with E-state index in [1.54, 1.807) is 11.3 Å². The topological polar surface area (TPSA) is 12.4 Å². The Hall–Kier alpha value is 0.01000. The van der Waals surface area contributed by atoms with Crippen molar-refractivity contribution in [3.63, 3.8) is 0 Å². The number of thioether (sulfide) groups is 1. The zero-order valence-electron chi connectivity index (χ0n) is 5.71. The van der Waals surface area contributed by atoms with Gasteiger partial charge in [-0.1, -0.05) is 11.6 Å². The molecule has 2 heterocycles. The largest absolute Gasteiger partial charge is 0.276 e. The van der Waals surface area contributed by atoms with Gasteiger partial charge in [-0.2, -0.15) is 0 Å². The lowest BCUT2D eigenvalue weighted by Crippen LogP contribution is -1.84. The molecular weight excluding hydrogens is 198 g/mol. The van der Waals surface area contributed by atoms with Crippen molar-refractivity contribution in [3.8, 4) is 0 Å². The first-order valence-corrected chi connectivity index (χ1v) is 5.47. The van der Waals surface area contributed by atoms with Gasteiger partial charge in [0, 0.05) is 12.3 Å². The van der Waals surface area contributed by atoms with Gasteiger partial charge in [0.1, 0.15) is 5.04 Å². The lowest BCUT2D eigenvalue weighted by atomic mass is 10.5. The Morgan fingerprint density at radius 1 is 1.45 bits per heavy atom. The van der Waals surface area contributed by atoms with E-state index in [-0.39, 0.29) is 0 Å². The Morgan fingerprint density at radius 3 is 2.91 bits per heavy atom. The minimum Gasteiger partial charge on any atom is -0.276 e. The van der Waals surface area contributed by atoms with E-state index in [0.29, 0.717) is 0 Å². The molecule has 1 aliphatic rings. The molecule has 4 heteroatoms. The Labute approximate surface area is 78.5 Å². The summed E-state index contributed by atoms with van der Waals surface area (Å²) in [7, 11) is 0. The van der Waals surface area contributed by atoms with Crippen LogP contribution in [-0.2, 0) is 0 Å². The molecule has 0 aromatic carbocycles. The predicted octanol–water partition coefficient (Wildman–Crippen LogP) is 2.89. The number of rotatable bonds is 1. The van der Waals surface area contributed by atoms with Crippen LogP contribution in [0.1, 0.15) is 4.88 Å². The third-order valence-electron chi connectivity index (χ3n) is 1.37. The fourth-order valence-electron chi connectivity index (χ4n) is 0.913. The third-order valence-corrected chi connectivity index (χ3v) is 3.75. The number of hydrogen-bond donors (Lipinski definition) is 0. The van der Waals surface area contributed by atoms with Gasteiger partial charge in [0.25, 0.3) is 0 Å². The minimum absolute atomic E-state index is 0.843. The summed E-state index contributed by atoms with van der Waals surface area (Å²) in [5, 5.41) is 1.15. The van der Waals surface area contributed by atoms with Crippen molar-refractivity contribution >= 4 is 39.7 Å². The Bertz CT molecular complexity index is 292. The van der Waals surface area contributed by atoms with E-state index in [0.717, 1.165) is 21.7 Å². The van der Waals surface area contributed by atoms with Gasteiger partial charge in [0.2, 0.25) is 0 Å². The fraction of sp³-hybridized carbons (Fsp3) is 0.286. The van der Waals surface area contributed by atoms with E-state index < -0.39 is 0 Å². The van der Waals surface area contributed by atoms with E-state index in [9.17, 15) is 0 Å². The van der Waals surface area contributed by atoms with E-state index in [2.05, 4.69) is 4.99 Å². The van der Waals surface area contributed by atoms with E-state index >= 15 is 0 Å². The molecule has 0 N–H and O–H groups in total. The number of hydrogen-bond acceptors (Lipinski definition) is 3. The number of aliphatic imine (C=N–C) groups is 1. The summed E-state index contributed by atoms with van der Waals surface area (Å²) in [5.41, 5.74) is 0. The summed E-state index contributed by atoms with van der Waals surface area (Å²) >= 11 is 9.20. The number of halogens is 1.